The van der Waals surface area contributed by atoms with Crippen LogP contribution in [0.5, 0.6) is 5.75 Å². The van der Waals surface area contributed by atoms with Crippen molar-refractivity contribution >= 4 is 23.5 Å². The number of aliphatic hydroxyl groups is 1. The van der Waals surface area contributed by atoms with Gasteiger partial charge in [-0.25, -0.2) is 0 Å². The number of hydrogen-bond donors (Lipinski definition) is 1. The topological polar surface area (TPSA) is 65.0 Å². The number of rotatable bonds is 8. The maximum Gasteiger partial charge on any atom is 0.333 e. The van der Waals surface area contributed by atoms with Crippen molar-refractivity contribution in [3.8, 4) is 5.75 Å². The highest BCUT2D eigenvalue weighted by atomic mass is 79.9. The average molecular weight is 415 g/mol. The predicted molar refractivity (Wildman–Crippen MR) is 96.4 cm³/mol. The number of aliphatic hydroxyl groups excluding tert-OH is 1. The lowest BCUT2D eigenvalue weighted by Gasteiger charge is -2.20. The van der Waals surface area contributed by atoms with Crippen molar-refractivity contribution in [3.05, 3.63) is 64.1 Å². The maximum absolute atomic E-state index is 12.3. The van der Waals surface area contributed by atoms with E-state index >= 15 is 0 Å². The van der Waals surface area contributed by atoms with E-state index in [-0.39, 0.29) is 6.16 Å². The number of ether oxygens (including phenoxy) is 1. The molecule has 1 N–H and O–H groups in total. The summed E-state index contributed by atoms with van der Waals surface area (Å²) in [5.74, 6) is 0.522. The Morgan fingerprint density at radius 3 is 2.42 bits per heavy atom. The molecule has 24 heavy (non-hydrogen) atoms. The van der Waals surface area contributed by atoms with Gasteiger partial charge in [0.1, 0.15) is 12.4 Å². The SMILES string of the molecule is COP(=O)(CC(O)c1cc(Br)ccc1OCc1ccccc1)OC. The third kappa shape index (κ3) is 5.16. The van der Waals surface area contributed by atoms with Crippen molar-refractivity contribution in [1.29, 1.82) is 0 Å². The highest BCUT2D eigenvalue weighted by molar-refractivity contribution is 9.10. The molecule has 2 rings (SSSR count). The van der Waals surface area contributed by atoms with E-state index < -0.39 is 13.7 Å². The van der Waals surface area contributed by atoms with Crippen molar-refractivity contribution in [2.24, 2.45) is 0 Å². The molecule has 0 radical (unpaired) electrons. The summed E-state index contributed by atoms with van der Waals surface area (Å²) in [6.45, 7) is 0.369. The van der Waals surface area contributed by atoms with Crippen LogP contribution in [0.3, 0.4) is 0 Å². The van der Waals surface area contributed by atoms with Crippen molar-refractivity contribution in [3.63, 3.8) is 0 Å². The lowest BCUT2D eigenvalue weighted by molar-refractivity contribution is 0.177. The fourth-order valence-corrected chi connectivity index (χ4v) is 3.63. The van der Waals surface area contributed by atoms with Gasteiger partial charge < -0.3 is 18.9 Å². The third-order valence-corrected chi connectivity index (χ3v) is 5.92. The predicted octanol–water partition coefficient (Wildman–Crippen LogP) is 4.55. The molecule has 0 saturated carbocycles. The Hall–Kier alpha value is -1.17. The van der Waals surface area contributed by atoms with E-state index in [1.807, 2.05) is 36.4 Å². The number of benzene rings is 2. The summed E-state index contributed by atoms with van der Waals surface area (Å²) in [4.78, 5) is 0. The molecular weight excluding hydrogens is 395 g/mol. The van der Waals surface area contributed by atoms with Gasteiger partial charge >= 0.3 is 7.60 Å². The molecule has 7 heteroatoms. The molecule has 0 aromatic heterocycles. The van der Waals surface area contributed by atoms with E-state index in [4.69, 9.17) is 13.8 Å². The second-order valence-corrected chi connectivity index (χ2v) is 8.36. The fraction of sp³-hybridized carbons (Fsp3) is 0.294. The molecule has 5 nitrogen and oxygen atoms in total. The van der Waals surface area contributed by atoms with Gasteiger partial charge in [-0.3, -0.25) is 4.57 Å². The second kappa shape index (κ2) is 8.79. The quantitative estimate of drug-likeness (QED) is 0.641. The van der Waals surface area contributed by atoms with Crippen LogP contribution in [0.1, 0.15) is 17.2 Å². The van der Waals surface area contributed by atoms with Gasteiger partial charge in [-0.05, 0) is 23.8 Å². The van der Waals surface area contributed by atoms with Crippen LogP contribution in [0.25, 0.3) is 0 Å². The molecule has 2 aromatic rings. The minimum absolute atomic E-state index is 0.155. The van der Waals surface area contributed by atoms with Crippen molar-refractivity contribution in [1.82, 2.24) is 0 Å². The van der Waals surface area contributed by atoms with Gasteiger partial charge in [-0.15, -0.1) is 0 Å². The Morgan fingerprint density at radius 2 is 1.79 bits per heavy atom. The smallest absolute Gasteiger partial charge is 0.333 e. The molecule has 130 valence electrons. The van der Waals surface area contributed by atoms with Gasteiger partial charge in [0.05, 0.1) is 12.3 Å². The third-order valence-electron chi connectivity index (χ3n) is 3.52. The lowest BCUT2D eigenvalue weighted by atomic mass is 10.1. The maximum atomic E-state index is 12.3. The van der Waals surface area contributed by atoms with Gasteiger partial charge in [0.15, 0.2) is 0 Å². The van der Waals surface area contributed by atoms with Crippen molar-refractivity contribution in [2.45, 2.75) is 12.7 Å². The highest BCUT2D eigenvalue weighted by Gasteiger charge is 2.28. The monoisotopic (exact) mass is 414 g/mol. The first-order valence-corrected chi connectivity index (χ1v) is 9.84. The van der Waals surface area contributed by atoms with Crippen LogP contribution in [-0.2, 0) is 20.2 Å². The van der Waals surface area contributed by atoms with E-state index in [2.05, 4.69) is 15.9 Å². The van der Waals surface area contributed by atoms with Crippen LogP contribution in [0, 0.1) is 0 Å². The molecule has 0 heterocycles. The van der Waals surface area contributed by atoms with Gasteiger partial charge in [-0.2, -0.15) is 0 Å². The molecule has 0 saturated heterocycles. The average Bonchev–Trinajstić information content (AvgIpc) is 2.61. The Kier molecular flexibility index (Phi) is 7.02. The molecule has 0 amide bonds. The summed E-state index contributed by atoms with van der Waals surface area (Å²) in [5.41, 5.74) is 1.54. The molecule has 1 atom stereocenters. The Labute approximate surface area is 150 Å². The van der Waals surface area contributed by atoms with E-state index in [1.54, 1.807) is 12.1 Å². The minimum atomic E-state index is -3.34. The zero-order valence-electron chi connectivity index (χ0n) is 13.5. The van der Waals surface area contributed by atoms with Gasteiger partial charge in [0, 0.05) is 24.3 Å². The zero-order chi connectivity index (χ0) is 17.6. The van der Waals surface area contributed by atoms with Gasteiger partial charge in [0.2, 0.25) is 0 Å². The van der Waals surface area contributed by atoms with E-state index in [9.17, 15) is 9.67 Å². The molecule has 0 bridgehead atoms. The molecule has 0 aliphatic heterocycles. The summed E-state index contributed by atoms with van der Waals surface area (Å²) in [6, 6.07) is 15.0. The highest BCUT2D eigenvalue weighted by Crippen LogP contribution is 2.50. The van der Waals surface area contributed by atoms with Crippen LogP contribution in [-0.4, -0.2) is 25.5 Å². The van der Waals surface area contributed by atoms with Gasteiger partial charge in [-0.1, -0.05) is 46.3 Å². The van der Waals surface area contributed by atoms with Gasteiger partial charge in [0.25, 0.3) is 0 Å². The van der Waals surface area contributed by atoms with E-state index in [1.165, 1.54) is 14.2 Å². The van der Waals surface area contributed by atoms with Crippen LogP contribution in [0.2, 0.25) is 0 Å². The first kappa shape index (κ1) is 19.2. The number of halogens is 1. The van der Waals surface area contributed by atoms with Crippen molar-refractivity contribution < 1.29 is 23.5 Å². The molecule has 1 unspecified atom stereocenters. The minimum Gasteiger partial charge on any atom is -0.489 e. The first-order chi connectivity index (χ1) is 11.5. The number of hydrogen-bond acceptors (Lipinski definition) is 5. The summed E-state index contributed by atoms with van der Waals surface area (Å²) in [7, 11) is -0.743. The first-order valence-electron chi connectivity index (χ1n) is 7.32. The lowest BCUT2D eigenvalue weighted by Crippen LogP contribution is -2.09. The second-order valence-electron chi connectivity index (χ2n) is 5.13. The summed E-state index contributed by atoms with van der Waals surface area (Å²) in [6.07, 6.45) is -1.20. The fourth-order valence-electron chi connectivity index (χ4n) is 2.18. The van der Waals surface area contributed by atoms with Crippen molar-refractivity contribution in [2.75, 3.05) is 20.4 Å². The van der Waals surface area contributed by atoms with Crippen LogP contribution in [0.4, 0.5) is 0 Å². The Morgan fingerprint density at radius 1 is 1.12 bits per heavy atom. The summed E-state index contributed by atoms with van der Waals surface area (Å²) < 4.78 is 28.7. The van der Waals surface area contributed by atoms with Crippen LogP contribution < -0.4 is 4.74 Å². The normalized spacial score (nSPS) is 12.8. The summed E-state index contributed by atoms with van der Waals surface area (Å²) in [5, 5.41) is 10.5. The molecule has 0 spiro atoms. The van der Waals surface area contributed by atoms with Crippen LogP contribution >= 0.6 is 23.5 Å². The molecule has 0 aliphatic rings. The standard InChI is InChI=1S/C17H20BrO5P/c1-21-24(20,22-2)12-16(19)15-10-14(18)8-9-17(15)23-11-13-6-4-3-5-7-13/h3-10,16,19H,11-12H2,1-2H3. The Bertz CT molecular complexity index is 699. The van der Waals surface area contributed by atoms with Crippen LogP contribution in [0.15, 0.2) is 53.0 Å². The molecular formula is C17H20BrO5P. The molecule has 0 aliphatic carbocycles. The molecule has 0 fully saturated rings. The largest absolute Gasteiger partial charge is 0.489 e. The van der Waals surface area contributed by atoms with E-state index in [0.29, 0.717) is 17.9 Å². The zero-order valence-corrected chi connectivity index (χ0v) is 16.0. The summed E-state index contributed by atoms with van der Waals surface area (Å²) >= 11 is 3.38. The Balaban J connectivity index is 2.19. The van der Waals surface area contributed by atoms with E-state index in [0.717, 1.165) is 10.0 Å². The molecule has 2 aromatic carbocycles.